The third-order valence-corrected chi connectivity index (χ3v) is 8.33. The largest absolute Gasteiger partial charge is 0.508 e. The number of aliphatic hydroxyl groups is 1. The summed E-state index contributed by atoms with van der Waals surface area (Å²) in [5.74, 6) is 1.37. The zero-order valence-corrected chi connectivity index (χ0v) is 41.8. The number of benzene rings is 3. The average molecular weight is 839 g/mol. The van der Waals surface area contributed by atoms with Crippen LogP contribution in [0, 0.1) is 0 Å². The van der Waals surface area contributed by atoms with Crippen LogP contribution in [-0.4, -0.2) is 20.4 Å². The molecule has 0 amide bonds. The SMILES string of the molecule is C=C/C=C(O)\C=C/C.C=C/C=C\C=C/C.C=CC.C=CC.CC.CC.CC.CCc1cc(C(c2cc(CC)c(O)c(CC)c2)c2cc(CC)c(O)c(CC)c2)cc(CC)c1O. The maximum Gasteiger partial charge on any atom is 0.121 e. The van der Waals surface area contributed by atoms with E-state index < -0.39 is 0 Å². The Balaban J connectivity index is -0.000000317. The molecule has 0 aliphatic carbocycles. The first-order valence-corrected chi connectivity index (χ1v) is 22.6. The highest BCUT2D eigenvalue weighted by molar-refractivity contribution is 5.56. The predicted molar refractivity (Wildman–Crippen MR) is 277 cm³/mol. The highest BCUT2D eigenvalue weighted by Crippen LogP contribution is 2.41. The van der Waals surface area contributed by atoms with Crippen molar-refractivity contribution in [2.24, 2.45) is 0 Å². The zero-order chi connectivity index (χ0) is 48.3. The number of phenolic OH excluding ortho intramolecular Hbond substituents is 3. The molecule has 3 aromatic carbocycles. The molecule has 0 bridgehead atoms. The van der Waals surface area contributed by atoms with E-state index in [-0.39, 0.29) is 11.7 Å². The van der Waals surface area contributed by atoms with E-state index in [9.17, 15) is 15.3 Å². The standard InChI is InChI=1S/C31H40O3.C7H10O.C7H10.2C3H6.3C2H6/c1-7-19-13-25(14-20(8-2)29(19)32)28(26-15-21(9-3)30(33)22(10-4)16-26)27-17-23(11-5)31(34)24(12-6)18-27;1-3-5-7(8)6-4-2;1-3-5-7-6-4-2;2*1-3-2;3*1-2/h13-18,28,32-34H,7-12H2,1-6H3;3-6,8H,1H2,2H3;3-7H,1H2,2H3;2*3H,1H2,2H3;3*1-2H3/b;6-4-,7-5+;6-4-,7-5-;;;;;. The molecule has 3 aromatic rings. The van der Waals surface area contributed by atoms with Gasteiger partial charge >= 0.3 is 0 Å². The molecule has 4 nitrogen and oxygen atoms in total. The first-order valence-electron chi connectivity index (χ1n) is 22.6. The molecule has 0 saturated heterocycles. The molecular weight excluding hydrogens is 749 g/mol. The van der Waals surface area contributed by atoms with Gasteiger partial charge in [0.15, 0.2) is 0 Å². The monoisotopic (exact) mass is 839 g/mol. The van der Waals surface area contributed by atoms with Crippen molar-refractivity contribution in [2.45, 2.75) is 155 Å². The normalized spacial score (nSPS) is 9.95. The van der Waals surface area contributed by atoms with Crippen LogP contribution < -0.4 is 0 Å². The van der Waals surface area contributed by atoms with E-state index in [1.165, 1.54) is 12.2 Å². The van der Waals surface area contributed by atoms with Crippen LogP contribution in [0.25, 0.3) is 0 Å². The first kappa shape index (κ1) is 64.9. The maximum absolute atomic E-state index is 10.8. The highest BCUT2D eigenvalue weighted by atomic mass is 16.3. The summed E-state index contributed by atoms with van der Waals surface area (Å²) < 4.78 is 0. The van der Waals surface area contributed by atoms with E-state index in [1.54, 1.807) is 30.4 Å². The van der Waals surface area contributed by atoms with Gasteiger partial charge in [0.25, 0.3) is 0 Å². The van der Waals surface area contributed by atoms with Gasteiger partial charge in [-0.25, -0.2) is 0 Å². The van der Waals surface area contributed by atoms with Crippen molar-refractivity contribution < 1.29 is 20.4 Å². The number of allylic oxidation sites excluding steroid dienone is 11. The van der Waals surface area contributed by atoms with Crippen molar-refractivity contribution in [3.05, 3.63) is 185 Å². The van der Waals surface area contributed by atoms with Gasteiger partial charge in [-0.1, -0.05) is 187 Å². The third-order valence-electron chi connectivity index (χ3n) is 8.33. The molecule has 4 heteroatoms. The smallest absolute Gasteiger partial charge is 0.121 e. The maximum atomic E-state index is 10.8. The predicted octanol–water partition coefficient (Wildman–Crippen LogP) is 17.3. The molecule has 0 fully saturated rings. The van der Waals surface area contributed by atoms with Gasteiger partial charge in [0, 0.05) is 5.92 Å². The molecule has 0 unspecified atom stereocenters. The topological polar surface area (TPSA) is 80.9 Å². The molecule has 4 N–H and O–H groups in total. The summed E-state index contributed by atoms with van der Waals surface area (Å²) in [4.78, 5) is 0. The van der Waals surface area contributed by atoms with Gasteiger partial charge in [-0.15, -0.1) is 13.2 Å². The van der Waals surface area contributed by atoms with Crippen molar-refractivity contribution >= 4 is 0 Å². The van der Waals surface area contributed by atoms with Crippen molar-refractivity contribution in [3.8, 4) is 17.2 Å². The Bertz CT molecular complexity index is 1490. The summed E-state index contributed by atoms with van der Waals surface area (Å²) in [5.41, 5.74) is 9.13. The molecule has 3 rings (SSSR count). The minimum Gasteiger partial charge on any atom is -0.508 e. The molecule has 0 aliphatic rings. The lowest BCUT2D eigenvalue weighted by atomic mass is 9.80. The third kappa shape index (κ3) is 25.9. The molecule has 0 spiro atoms. The molecule has 0 aliphatic heterocycles. The van der Waals surface area contributed by atoms with Gasteiger partial charge in [-0.2, -0.15) is 0 Å². The number of phenols is 3. The fourth-order valence-electron chi connectivity index (χ4n) is 5.66. The summed E-state index contributed by atoms with van der Waals surface area (Å²) in [5, 5.41) is 41.1. The van der Waals surface area contributed by atoms with Crippen molar-refractivity contribution in [2.75, 3.05) is 0 Å². The Kier molecular flexibility index (Phi) is 47.2. The second-order valence-corrected chi connectivity index (χ2v) is 12.4. The second-order valence-electron chi connectivity index (χ2n) is 12.4. The van der Waals surface area contributed by atoms with Crippen LogP contribution in [0.4, 0.5) is 0 Å². The quantitative estimate of drug-likeness (QED) is 0.0598. The van der Waals surface area contributed by atoms with Crippen LogP contribution in [-0.2, 0) is 38.5 Å². The molecule has 61 heavy (non-hydrogen) atoms. The minimum atomic E-state index is -0.0661. The Labute approximate surface area is 376 Å². The van der Waals surface area contributed by atoms with Crippen molar-refractivity contribution in [1.82, 2.24) is 0 Å². The summed E-state index contributed by atoms with van der Waals surface area (Å²) in [6.45, 7) is 45.7. The van der Waals surface area contributed by atoms with Crippen LogP contribution in [0.5, 0.6) is 17.2 Å². The van der Waals surface area contributed by atoms with Gasteiger partial charge in [0.2, 0.25) is 0 Å². The summed E-state index contributed by atoms with van der Waals surface area (Å²) in [6.07, 6.45) is 24.0. The number of aromatic hydroxyl groups is 3. The zero-order valence-electron chi connectivity index (χ0n) is 41.8. The van der Waals surface area contributed by atoms with Crippen LogP contribution in [0.3, 0.4) is 0 Å². The Morgan fingerprint density at radius 1 is 0.459 bits per heavy atom. The van der Waals surface area contributed by atoms with E-state index in [0.29, 0.717) is 17.2 Å². The Morgan fingerprint density at radius 2 is 0.721 bits per heavy atom. The van der Waals surface area contributed by atoms with Gasteiger partial charge < -0.3 is 20.4 Å². The number of hydrogen-bond acceptors (Lipinski definition) is 4. The van der Waals surface area contributed by atoms with E-state index >= 15 is 0 Å². The second kappa shape index (κ2) is 44.3. The van der Waals surface area contributed by atoms with E-state index in [1.807, 2.05) is 93.5 Å². The van der Waals surface area contributed by atoms with Crippen molar-refractivity contribution in [1.29, 1.82) is 0 Å². The molecule has 0 atom stereocenters. The van der Waals surface area contributed by atoms with Crippen molar-refractivity contribution in [3.63, 3.8) is 0 Å². The fraction of sp³-hybridized carbons (Fsp3) is 0.404. The molecule has 342 valence electrons. The minimum absolute atomic E-state index is 0.0661. The van der Waals surface area contributed by atoms with E-state index in [4.69, 9.17) is 5.11 Å². The van der Waals surface area contributed by atoms with E-state index in [0.717, 1.165) is 88.6 Å². The van der Waals surface area contributed by atoms with Gasteiger partial charge in [0.1, 0.15) is 23.0 Å². The van der Waals surface area contributed by atoms with Gasteiger partial charge in [-0.05, 0) is 128 Å². The lowest BCUT2D eigenvalue weighted by Crippen LogP contribution is -2.09. The van der Waals surface area contributed by atoms with Crippen LogP contribution in [0.2, 0.25) is 0 Å². The van der Waals surface area contributed by atoms with E-state index in [2.05, 4.69) is 104 Å². The number of aliphatic hydroxyl groups excluding tert-OH is 1. The Morgan fingerprint density at radius 3 is 0.902 bits per heavy atom. The molecule has 0 aromatic heterocycles. The van der Waals surface area contributed by atoms with Gasteiger partial charge in [0.05, 0.1) is 0 Å². The summed E-state index contributed by atoms with van der Waals surface area (Å²) >= 11 is 0. The lowest BCUT2D eigenvalue weighted by molar-refractivity contribution is 0.432. The molecular formula is C57H90O4. The summed E-state index contributed by atoms with van der Waals surface area (Å²) in [7, 11) is 0. The van der Waals surface area contributed by atoms with Crippen LogP contribution in [0.15, 0.2) is 135 Å². The number of hydrogen-bond donors (Lipinski definition) is 4. The van der Waals surface area contributed by atoms with Gasteiger partial charge in [-0.3, -0.25) is 0 Å². The first-order chi connectivity index (χ1) is 29.4. The number of aryl methyl sites for hydroxylation is 6. The molecule has 0 heterocycles. The van der Waals surface area contributed by atoms with Crippen LogP contribution in [0.1, 0.15) is 167 Å². The highest BCUT2D eigenvalue weighted by Gasteiger charge is 2.24. The number of rotatable bonds is 13. The Hall–Kier alpha value is -5.22. The fourth-order valence-corrected chi connectivity index (χ4v) is 5.66. The molecule has 0 saturated carbocycles. The summed E-state index contributed by atoms with van der Waals surface area (Å²) in [6, 6.07) is 12.8. The van der Waals surface area contributed by atoms with Crippen LogP contribution >= 0.6 is 0 Å². The lowest BCUT2D eigenvalue weighted by Gasteiger charge is -2.25. The average Bonchev–Trinajstić information content (AvgIpc) is 3.28. The molecule has 0 radical (unpaired) electrons.